The summed E-state index contributed by atoms with van der Waals surface area (Å²) in [5.74, 6) is -1.70. The normalized spacial score (nSPS) is 34.4. The van der Waals surface area contributed by atoms with Gasteiger partial charge in [-0.2, -0.15) is 0 Å². The van der Waals surface area contributed by atoms with Crippen molar-refractivity contribution in [1.82, 2.24) is 10.6 Å². The number of carbonyl (C=O) groups excluding carboxylic acids is 2. The molecule has 3 heterocycles. The summed E-state index contributed by atoms with van der Waals surface area (Å²) >= 11 is 0. The van der Waals surface area contributed by atoms with Gasteiger partial charge >= 0.3 is 5.97 Å². The number of nitrogens with one attached hydrogen (secondary N) is 2. The Hall–Kier alpha value is -3.95. The first kappa shape index (κ1) is 47.1. The zero-order valence-electron chi connectivity index (χ0n) is 32.3. The quantitative estimate of drug-likeness (QED) is 0.0629. The minimum atomic E-state index is -1.97. The molecular weight excluding hydrogens is 804 g/mol. The van der Waals surface area contributed by atoms with Crippen LogP contribution in [0.2, 0.25) is 0 Å². The lowest BCUT2D eigenvalue weighted by Gasteiger charge is -2.48. The number of carbonyl (C=O) groups is 3. The average Bonchev–Trinajstić information content (AvgIpc) is 3.24. The third kappa shape index (κ3) is 11.5. The highest BCUT2D eigenvalue weighted by Gasteiger charge is 2.54. The zero-order chi connectivity index (χ0) is 43.7. The highest BCUT2D eigenvalue weighted by Crippen LogP contribution is 2.33. The number of carboxylic acid groups (broad SMARTS) is 1. The molecule has 3 aliphatic heterocycles. The number of ether oxygens (including phenoxy) is 7. The van der Waals surface area contributed by atoms with Gasteiger partial charge in [-0.3, -0.25) is 9.59 Å². The van der Waals surface area contributed by atoms with Gasteiger partial charge < -0.3 is 94.9 Å². The van der Waals surface area contributed by atoms with Gasteiger partial charge in [-0.25, -0.2) is 4.79 Å². The van der Waals surface area contributed by atoms with E-state index in [1.54, 1.807) is 42.5 Å². The number of rotatable bonds is 18. The molecule has 2 aromatic carbocycles. The van der Waals surface area contributed by atoms with Crippen molar-refractivity contribution in [2.24, 2.45) is 0 Å². The fourth-order valence-electron chi connectivity index (χ4n) is 6.86. The second kappa shape index (κ2) is 21.7. The number of aromatic carboxylic acids is 1. The Kier molecular flexibility index (Phi) is 17.1. The van der Waals surface area contributed by atoms with Crippen molar-refractivity contribution in [3.63, 3.8) is 0 Å². The van der Waals surface area contributed by atoms with Crippen LogP contribution < -0.4 is 15.4 Å². The van der Waals surface area contributed by atoms with E-state index in [9.17, 15) is 65.4 Å². The first-order valence-corrected chi connectivity index (χ1v) is 19.1. The van der Waals surface area contributed by atoms with Gasteiger partial charge in [0.05, 0.1) is 32.0 Å². The highest BCUT2D eigenvalue weighted by atomic mass is 16.8. The third-order valence-electron chi connectivity index (χ3n) is 10.1. The predicted molar refractivity (Wildman–Crippen MR) is 199 cm³/mol. The van der Waals surface area contributed by atoms with Crippen LogP contribution in [-0.4, -0.2) is 200 Å². The Morgan fingerprint density at radius 3 is 1.93 bits per heavy atom. The summed E-state index contributed by atoms with van der Waals surface area (Å²) in [7, 11) is 0. The molecule has 22 nitrogen and oxygen atoms in total. The molecule has 0 aliphatic carbocycles. The van der Waals surface area contributed by atoms with Crippen LogP contribution in [0.5, 0.6) is 5.75 Å². The number of hydrogen-bond acceptors (Lipinski definition) is 19. The van der Waals surface area contributed by atoms with E-state index in [2.05, 4.69) is 10.6 Å². The van der Waals surface area contributed by atoms with Gasteiger partial charge in [0.15, 0.2) is 25.5 Å². The Bertz CT molecular complexity index is 1700. The lowest BCUT2D eigenvalue weighted by atomic mass is 9.95. The fourth-order valence-corrected chi connectivity index (χ4v) is 6.86. The van der Waals surface area contributed by atoms with Crippen LogP contribution in [0.4, 0.5) is 0 Å². The van der Waals surface area contributed by atoms with E-state index in [0.717, 1.165) is 12.5 Å². The fraction of sp³-hybridized carbons (Fsp3) is 0.605. The highest BCUT2D eigenvalue weighted by molar-refractivity contribution is 5.89. The van der Waals surface area contributed by atoms with Gasteiger partial charge in [0, 0.05) is 13.5 Å². The number of hydrogen-bond donors (Lipinski definition) is 12. The topological polar surface area (TPSA) is 342 Å². The molecule has 5 rings (SSSR count). The van der Waals surface area contributed by atoms with E-state index in [4.69, 9.17) is 33.2 Å². The van der Waals surface area contributed by atoms with Crippen molar-refractivity contribution in [2.75, 3.05) is 39.6 Å². The molecule has 0 radical (unpaired) electrons. The van der Waals surface area contributed by atoms with Crippen LogP contribution >= 0.6 is 0 Å². The van der Waals surface area contributed by atoms with Crippen LogP contribution in [0.25, 0.3) is 11.1 Å². The van der Waals surface area contributed by atoms with Crippen LogP contribution in [0.15, 0.2) is 48.5 Å². The van der Waals surface area contributed by atoms with E-state index in [1.165, 1.54) is 6.07 Å². The number of benzene rings is 2. The van der Waals surface area contributed by atoms with Gasteiger partial charge in [-0.15, -0.1) is 0 Å². The van der Waals surface area contributed by atoms with Crippen molar-refractivity contribution in [1.29, 1.82) is 0 Å². The van der Waals surface area contributed by atoms with E-state index in [0.29, 0.717) is 11.3 Å². The smallest absolute Gasteiger partial charge is 0.335 e. The first-order valence-electron chi connectivity index (χ1n) is 19.1. The van der Waals surface area contributed by atoms with Crippen molar-refractivity contribution >= 4 is 17.8 Å². The molecule has 15 unspecified atom stereocenters. The molecular formula is C38H52N2O20. The van der Waals surface area contributed by atoms with Gasteiger partial charge in [-0.1, -0.05) is 24.3 Å². The molecule has 2 aromatic rings. The van der Waals surface area contributed by atoms with Crippen molar-refractivity contribution in [2.45, 2.75) is 105 Å². The molecule has 334 valence electrons. The Labute approximate surface area is 342 Å². The van der Waals surface area contributed by atoms with Crippen molar-refractivity contribution in [3.8, 4) is 16.9 Å². The van der Waals surface area contributed by atoms with Gasteiger partial charge in [0.25, 0.3) is 5.91 Å². The Balaban J connectivity index is 1.13. The van der Waals surface area contributed by atoms with E-state index in [-0.39, 0.29) is 31.7 Å². The summed E-state index contributed by atoms with van der Waals surface area (Å²) in [4.78, 5) is 35.9. The number of aliphatic hydroxyl groups is 9. The molecule has 0 spiro atoms. The summed E-state index contributed by atoms with van der Waals surface area (Å²) in [6, 6.07) is 11.9. The average molecular weight is 857 g/mol. The van der Waals surface area contributed by atoms with E-state index >= 15 is 0 Å². The second-order valence-electron chi connectivity index (χ2n) is 14.3. The molecule has 22 heteroatoms. The van der Waals surface area contributed by atoms with Gasteiger partial charge in [-0.05, 0) is 41.8 Å². The molecule has 12 N–H and O–H groups in total. The Morgan fingerprint density at radius 2 is 1.30 bits per heavy atom. The zero-order valence-corrected chi connectivity index (χ0v) is 32.3. The summed E-state index contributed by atoms with van der Waals surface area (Å²) in [6.07, 6.45) is -23.3. The van der Waals surface area contributed by atoms with Gasteiger partial charge in [0.2, 0.25) is 5.91 Å². The Morgan fingerprint density at radius 1 is 0.683 bits per heavy atom. The summed E-state index contributed by atoms with van der Waals surface area (Å²) in [6.45, 7) is -1.53. The first-order chi connectivity index (χ1) is 28.7. The molecule has 0 aromatic heterocycles. The summed E-state index contributed by atoms with van der Waals surface area (Å²) in [5, 5.41) is 108. The third-order valence-corrected chi connectivity index (χ3v) is 10.1. The van der Waals surface area contributed by atoms with Gasteiger partial charge in [0.1, 0.15) is 78.9 Å². The minimum absolute atomic E-state index is 0.0691. The molecule has 0 saturated carbocycles. The number of carboxylic acids is 1. The monoisotopic (exact) mass is 856 g/mol. The summed E-state index contributed by atoms with van der Waals surface area (Å²) < 4.78 is 39.5. The molecule has 2 amide bonds. The predicted octanol–water partition coefficient (Wildman–Crippen LogP) is -4.45. The lowest BCUT2D eigenvalue weighted by Crippen LogP contribution is -2.68. The van der Waals surface area contributed by atoms with E-state index in [1.807, 2.05) is 0 Å². The molecule has 3 fully saturated rings. The van der Waals surface area contributed by atoms with Crippen molar-refractivity contribution in [3.05, 3.63) is 54.1 Å². The molecule has 3 saturated heterocycles. The van der Waals surface area contributed by atoms with Crippen LogP contribution in [-0.2, 0) is 38.0 Å². The van der Waals surface area contributed by atoms with E-state index < -0.39 is 130 Å². The summed E-state index contributed by atoms with van der Waals surface area (Å²) in [5.41, 5.74) is 1.60. The molecule has 3 aliphatic rings. The molecule has 60 heavy (non-hydrogen) atoms. The maximum atomic E-state index is 12.4. The van der Waals surface area contributed by atoms with Crippen LogP contribution in [0, 0.1) is 0 Å². The standard InChI is InChI=1S/C38H52N2O20/c1-17(44)40-26-29(48)33(59-38-32(51)34(28(47)23(14-42)57-38)60-37-31(50)30(49)27(46)22(13-41)56-37)24(15-43)58-36(26)54-11-3-10-39-25(45)16-55-21-8-6-18(7-9-21)19-4-2-5-20(12-19)35(52)53/h2,4-9,12,22-24,26-34,36-38,41-43,46-51H,3,10-11,13-16H2,1H3,(H,39,45)(H,40,44)(H,52,53). The lowest BCUT2D eigenvalue weighted by molar-refractivity contribution is -0.376. The van der Waals surface area contributed by atoms with Crippen molar-refractivity contribution < 1.29 is 98.6 Å². The SMILES string of the molecule is CC(=O)NC1C(OCCCNC(=O)COc2ccc(-c3cccc(C(=O)O)c3)cc2)OC(CO)C(OC2OC(CO)C(O)C(OC3OC(CO)C(O)C(O)C3O)C2O)C1O. The largest absolute Gasteiger partial charge is 0.484 e. The second-order valence-corrected chi connectivity index (χ2v) is 14.3. The molecule has 15 atom stereocenters. The van der Waals surface area contributed by atoms with Crippen LogP contribution in [0.1, 0.15) is 23.7 Å². The van der Waals surface area contributed by atoms with Crippen LogP contribution in [0.3, 0.4) is 0 Å². The minimum Gasteiger partial charge on any atom is -0.484 e. The maximum Gasteiger partial charge on any atom is 0.335 e. The number of amides is 2. The number of aliphatic hydroxyl groups excluding tert-OH is 9. The maximum absolute atomic E-state index is 12.4. The molecule has 0 bridgehead atoms.